The minimum atomic E-state index is -0.256. The maximum Gasteiger partial charge on any atom is 0.322 e. The smallest absolute Gasteiger partial charge is 0.322 e. The molecule has 24 heavy (non-hydrogen) atoms. The van der Waals surface area contributed by atoms with Gasteiger partial charge in [0.2, 0.25) is 0 Å². The van der Waals surface area contributed by atoms with Gasteiger partial charge in [-0.3, -0.25) is 4.79 Å². The molecular weight excluding hydrogens is 304 g/mol. The lowest BCUT2D eigenvalue weighted by Gasteiger charge is -2.28. The predicted octanol–water partition coefficient (Wildman–Crippen LogP) is 4.21. The zero-order valence-corrected chi connectivity index (χ0v) is 14.1. The van der Waals surface area contributed by atoms with Crippen molar-refractivity contribution < 1.29 is 14.7 Å². The van der Waals surface area contributed by atoms with Crippen molar-refractivity contribution in [2.45, 2.75) is 26.8 Å². The van der Waals surface area contributed by atoms with Crippen LogP contribution in [0.2, 0.25) is 0 Å². The number of ketones is 1. The second-order valence-corrected chi connectivity index (χ2v) is 5.62. The van der Waals surface area contributed by atoms with E-state index in [1.807, 2.05) is 19.9 Å². The standard InChI is InChI=1S/C19H22N2O3/c1-4-21(13(2)15-7-6-10-18(23)12-15)19(24)20-17-9-5-8-16(11-17)14(3)22/h5-13,23H,4H2,1-3H3,(H,20,24)/t13-/m1/s1. The van der Waals surface area contributed by atoms with Crippen LogP contribution in [-0.4, -0.2) is 28.4 Å². The minimum absolute atomic E-state index is 0.0495. The summed E-state index contributed by atoms with van der Waals surface area (Å²) in [5.41, 5.74) is 1.98. The van der Waals surface area contributed by atoms with Gasteiger partial charge in [0.15, 0.2) is 5.78 Å². The number of hydrogen-bond acceptors (Lipinski definition) is 3. The number of anilines is 1. The molecule has 2 amide bonds. The molecule has 2 aromatic carbocycles. The molecule has 126 valence electrons. The molecule has 0 aromatic heterocycles. The number of phenols is 1. The van der Waals surface area contributed by atoms with Crippen molar-refractivity contribution in [3.63, 3.8) is 0 Å². The number of urea groups is 1. The lowest BCUT2D eigenvalue weighted by molar-refractivity contribution is 0.101. The summed E-state index contributed by atoms with van der Waals surface area (Å²) in [6.45, 7) is 5.80. The van der Waals surface area contributed by atoms with Gasteiger partial charge in [0.25, 0.3) is 0 Å². The monoisotopic (exact) mass is 326 g/mol. The van der Waals surface area contributed by atoms with Crippen molar-refractivity contribution in [2.24, 2.45) is 0 Å². The van der Waals surface area contributed by atoms with Crippen LogP contribution in [0.25, 0.3) is 0 Å². The second-order valence-electron chi connectivity index (χ2n) is 5.62. The first-order valence-electron chi connectivity index (χ1n) is 7.90. The Kier molecular flexibility index (Phi) is 5.58. The average molecular weight is 326 g/mol. The third-order valence-corrected chi connectivity index (χ3v) is 3.94. The van der Waals surface area contributed by atoms with Crippen molar-refractivity contribution >= 4 is 17.5 Å². The molecule has 0 aliphatic carbocycles. The van der Waals surface area contributed by atoms with E-state index >= 15 is 0 Å². The van der Waals surface area contributed by atoms with E-state index < -0.39 is 0 Å². The minimum Gasteiger partial charge on any atom is -0.508 e. The summed E-state index contributed by atoms with van der Waals surface area (Å²) in [4.78, 5) is 25.7. The Bertz CT molecular complexity index is 743. The van der Waals surface area contributed by atoms with E-state index in [0.717, 1.165) is 5.56 Å². The van der Waals surface area contributed by atoms with Crippen LogP contribution in [-0.2, 0) is 0 Å². The van der Waals surface area contributed by atoms with Gasteiger partial charge in [0.1, 0.15) is 5.75 Å². The van der Waals surface area contributed by atoms with Gasteiger partial charge in [-0.2, -0.15) is 0 Å². The van der Waals surface area contributed by atoms with Gasteiger partial charge >= 0.3 is 6.03 Å². The third-order valence-electron chi connectivity index (χ3n) is 3.94. The molecule has 0 heterocycles. The van der Waals surface area contributed by atoms with Crippen LogP contribution in [0.3, 0.4) is 0 Å². The summed E-state index contributed by atoms with van der Waals surface area (Å²) in [7, 11) is 0. The normalized spacial score (nSPS) is 11.6. The van der Waals surface area contributed by atoms with Crippen LogP contribution in [0.4, 0.5) is 10.5 Å². The highest BCUT2D eigenvalue weighted by Gasteiger charge is 2.20. The van der Waals surface area contributed by atoms with Crippen LogP contribution in [0.5, 0.6) is 5.75 Å². The highest BCUT2D eigenvalue weighted by atomic mass is 16.3. The molecule has 0 aliphatic heterocycles. The number of Topliss-reactive ketones (excluding diaryl/α,β-unsaturated/α-hetero) is 1. The quantitative estimate of drug-likeness (QED) is 0.809. The van der Waals surface area contributed by atoms with E-state index in [9.17, 15) is 14.7 Å². The van der Waals surface area contributed by atoms with Crippen molar-refractivity contribution in [1.82, 2.24) is 4.90 Å². The first-order valence-corrected chi connectivity index (χ1v) is 7.90. The maximum absolute atomic E-state index is 12.6. The van der Waals surface area contributed by atoms with Gasteiger partial charge < -0.3 is 15.3 Å². The number of carbonyl (C=O) groups excluding carboxylic acids is 2. The van der Waals surface area contributed by atoms with Crippen molar-refractivity contribution in [1.29, 1.82) is 0 Å². The van der Waals surface area contributed by atoms with Gasteiger partial charge in [0.05, 0.1) is 6.04 Å². The number of phenolic OH excluding ortho intramolecular Hbond substituents is 1. The van der Waals surface area contributed by atoms with E-state index in [1.54, 1.807) is 47.4 Å². The number of nitrogens with zero attached hydrogens (tertiary/aromatic N) is 1. The summed E-state index contributed by atoms with van der Waals surface area (Å²) < 4.78 is 0. The highest BCUT2D eigenvalue weighted by Crippen LogP contribution is 2.24. The lowest BCUT2D eigenvalue weighted by atomic mass is 10.1. The van der Waals surface area contributed by atoms with Gasteiger partial charge in [-0.15, -0.1) is 0 Å². The number of benzene rings is 2. The highest BCUT2D eigenvalue weighted by molar-refractivity contribution is 5.96. The maximum atomic E-state index is 12.6. The van der Waals surface area contributed by atoms with E-state index in [2.05, 4.69) is 5.32 Å². The molecule has 2 N–H and O–H groups in total. The van der Waals surface area contributed by atoms with E-state index in [1.165, 1.54) is 6.92 Å². The molecule has 5 nitrogen and oxygen atoms in total. The number of aromatic hydroxyl groups is 1. The molecule has 0 fully saturated rings. The van der Waals surface area contributed by atoms with E-state index in [4.69, 9.17) is 0 Å². The second kappa shape index (κ2) is 7.64. The van der Waals surface area contributed by atoms with Crippen LogP contribution < -0.4 is 5.32 Å². The van der Waals surface area contributed by atoms with Crippen molar-refractivity contribution in [3.05, 3.63) is 59.7 Å². The van der Waals surface area contributed by atoms with Crippen LogP contribution in [0.15, 0.2) is 48.5 Å². The molecule has 1 atom stereocenters. The first kappa shape index (κ1) is 17.5. The van der Waals surface area contributed by atoms with Crippen LogP contribution >= 0.6 is 0 Å². The fourth-order valence-electron chi connectivity index (χ4n) is 2.57. The van der Waals surface area contributed by atoms with Gasteiger partial charge in [-0.25, -0.2) is 4.79 Å². The SMILES string of the molecule is CCN(C(=O)Nc1cccc(C(C)=O)c1)[C@H](C)c1cccc(O)c1. The first-order chi connectivity index (χ1) is 11.4. The Hall–Kier alpha value is -2.82. The van der Waals surface area contributed by atoms with Crippen LogP contribution in [0, 0.1) is 0 Å². The Morgan fingerprint density at radius 1 is 1.17 bits per heavy atom. The average Bonchev–Trinajstić information content (AvgIpc) is 2.55. The fraction of sp³-hybridized carbons (Fsp3) is 0.263. The fourth-order valence-corrected chi connectivity index (χ4v) is 2.57. The summed E-state index contributed by atoms with van der Waals surface area (Å²) >= 11 is 0. The zero-order chi connectivity index (χ0) is 17.7. The Morgan fingerprint density at radius 3 is 2.50 bits per heavy atom. The predicted molar refractivity (Wildman–Crippen MR) is 94.4 cm³/mol. The molecule has 0 bridgehead atoms. The number of carbonyl (C=O) groups is 2. The summed E-state index contributed by atoms with van der Waals surface area (Å²) in [5, 5.41) is 12.4. The Labute approximate surface area is 141 Å². The molecule has 0 saturated heterocycles. The molecule has 0 unspecified atom stereocenters. The zero-order valence-electron chi connectivity index (χ0n) is 14.1. The number of hydrogen-bond donors (Lipinski definition) is 2. The van der Waals surface area contributed by atoms with Gasteiger partial charge in [-0.1, -0.05) is 24.3 Å². The molecule has 2 aromatic rings. The van der Waals surface area contributed by atoms with Gasteiger partial charge in [-0.05, 0) is 50.6 Å². The Balaban J connectivity index is 2.17. The van der Waals surface area contributed by atoms with E-state index in [0.29, 0.717) is 17.8 Å². The molecule has 5 heteroatoms. The van der Waals surface area contributed by atoms with Crippen molar-refractivity contribution in [2.75, 3.05) is 11.9 Å². The molecule has 0 saturated carbocycles. The van der Waals surface area contributed by atoms with Gasteiger partial charge in [0, 0.05) is 17.8 Å². The number of amides is 2. The number of nitrogens with one attached hydrogen (secondary N) is 1. The molecule has 0 aliphatic rings. The number of rotatable bonds is 5. The summed E-state index contributed by atoms with van der Waals surface area (Å²) in [5.74, 6) is 0.122. The molecule has 0 spiro atoms. The summed E-state index contributed by atoms with van der Waals surface area (Å²) in [6.07, 6.45) is 0. The molecular formula is C19H22N2O3. The topological polar surface area (TPSA) is 69.6 Å². The summed E-state index contributed by atoms with van der Waals surface area (Å²) in [6, 6.07) is 13.3. The largest absolute Gasteiger partial charge is 0.508 e. The van der Waals surface area contributed by atoms with Crippen molar-refractivity contribution in [3.8, 4) is 5.75 Å². The van der Waals surface area contributed by atoms with Crippen LogP contribution in [0.1, 0.15) is 42.7 Å². The third kappa shape index (κ3) is 4.13. The molecule has 2 rings (SSSR count). The molecule has 0 radical (unpaired) electrons. The Morgan fingerprint density at radius 2 is 1.88 bits per heavy atom. The van der Waals surface area contributed by atoms with E-state index in [-0.39, 0.29) is 23.6 Å². The lowest BCUT2D eigenvalue weighted by Crippen LogP contribution is -2.36.